The lowest BCUT2D eigenvalue weighted by Gasteiger charge is -2.22. The predicted molar refractivity (Wildman–Crippen MR) is 54.4 cm³/mol. The van der Waals surface area contributed by atoms with Crippen molar-refractivity contribution in [2.75, 3.05) is 13.2 Å². The zero-order valence-electron chi connectivity index (χ0n) is 7.96. The zero-order chi connectivity index (χ0) is 9.80. The van der Waals surface area contributed by atoms with E-state index in [0.717, 1.165) is 31.9 Å². The highest BCUT2D eigenvalue weighted by atomic mass is 35.5. The summed E-state index contributed by atoms with van der Waals surface area (Å²) in [5.41, 5.74) is 0. The van der Waals surface area contributed by atoms with E-state index >= 15 is 0 Å². The standard InChI is InChI=1S/C10H14ClNO2/c11-10-4-3-9(14-10)6-12-8-2-1-5-13-7-8/h3-4,8,12H,1-2,5-7H2. The molecule has 1 aliphatic rings. The van der Waals surface area contributed by atoms with Crippen LogP contribution in [0, 0.1) is 0 Å². The molecular formula is C10H14ClNO2. The van der Waals surface area contributed by atoms with Crippen LogP contribution in [-0.4, -0.2) is 19.3 Å². The van der Waals surface area contributed by atoms with Gasteiger partial charge in [0, 0.05) is 12.6 Å². The van der Waals surface area contributed by atoms with E-state index in [1.54, 1.807) is 6.07 Å². The Bertz CT molecular complexity index is 281. The summed E-state index contributed by atoms with van der Waals surface area (Å²) in [7, 11) is 0. The molecule has 1 saturated heterocycles. The summed E-state index contributed by atoms with van der Waals surface area (Å²) in [4.78, 5) is 0. The number of hydrogen-bond acceptors (Lipinski definition) is 3. The van der Waals surface area contributed by atoms with Crippen molar-refractivity contribution in [1.29, 1.82) is 0 Å². The summed E-state index contributed by atoms with van der Waals surface area (Å²) < 4.78 is 10.6. The van der Waals surface area contributed by atoms with Crippen LogP contribution in [0.25, 0.3) is 0 Å². The first-order chi connectivity index (χ1) is 6.84. The van der Waals surface area contributed by atoms with E-state index in [1.807, 2.05) is 6.07 Å². The first-order valence-corrected chi connectivity index (χ1v) is 5.28. The van der Waals surface area contributed by atoms with Gasteiger partial charge in [0.05, 0.1) is 13.2 Å². The lowest BCUT2D eigenvalue weighted by molar-refractivity contribution is 0.0693. The quantitative estimate of drug-likeness (QED) is 0.840. The molecule has 0 bridgehead atoms. The number of halogens is 1. The molecular weight excluding hydrogens is 202 g/mol. The Morgan fingerprint density at radius 2 is 2.43 bits per heavy atom. The van der Waals surface area contributed by atoms with Gasteiger partial charge in [-0.3, -0.25) is 0 Å². The largest absolute Gasteiger partial charge is 0.448 e. The van der Waals surface area contributed by atoms with Crippen molar-refractivity contribution in [2.45, 2.75) is 25.4 Å². The van der Waals surface area contributed by atoms with E-state index in [-0.39, 0.29) is 0 Å². The van der Waals surface area contributed by atoms with Crippen LogP contribution in [0.15, 0.2) is 16.5 Å². The van der Waals surface area contributed by atoms with Crippen LogP contribution < -0.4 is 5.32 Å². The van der Waals surface area contributed by atoms with Gasteiger partial charge in [0.2, 0.25) is 0 Å². The maximum atomic E-state index is 5.66. The van der Waals surface area contributed by atoms with Gasteiger partial charge in [-0.1, -0.05) is 0 Å². The van der Waals surface area contributed by atoms with Gasteiger partial charge in [0.15, 0.2) is 5.22 Å². The van der Waals surface area contributed by atoms with Crippen LogP contribution in [0.1, 0.15) is 18.6 Å². The Kier molecular flexibility index (Phi) is 3.45. The van der Waals surface area contributed by atoms with Gasteiger partial charge in [-0.05, 0) is 36.6 Å². The summed E-state index contributed by atoms with van der Waals surface area (Å²) in [6.45, 7) is 2.42. The van der Waals surface area contributed by atoms with Gasteiger partial charge < -0.3 is 14.5 Å². The number of furan rings is 1. The minimum atomic E-state index is 0.446. The summed E-state index contributed by atoms with van der Waals surface area (Å²) in [5.74, 6) is 0.876. The molecule has 1 N–H and O–H groups in total. The molecule has 2 heterocycles. The van der Waals surface area contributed by atoms with Crippen LogP contribution >= 0.6 is 11.6 Å². The minimum Gasteiger partial charge on any atom is -0.448 e. The second-order valence-corrected chi connectivity index (χ2v) is 3.87. The summed E-state index contributed by atoms with van der Waals surface area (Å²) in [6, 6.07) is 4.10. The molecule has 1 unspecified atom stereocenters. The van der Waals surface area contributed by atoms with Crippen molar-refractivity contribution in [3.05, 3.63) is 23.1 Å². The Morgan fingerprint density at radius 1 is 1.50 bits per heavy atom. The van der Waals surface area contributed by atoms with E-state index in [0.29, 0.717) is 11.3 Å². The number of hydrogen-bond donors (Lipinski definition) is 1. The Hall–Kier alpha value is -0.510. The lowest BCUT2D eigenvalue weighted by atomic mass is 10.1. The number of nitrogens with one attached hydrogen (secondary N) is 1. The first-order valence-electron chi connectivity index (χ1n) is 4.90. The molecule has 14 heavy (non-hydrogen) atoms. The van der Waals surface area contributed by atoms with Gasteiger partial charge in [0.25, 0.3) is 0 Å². The Labute approximate surface area is 88.4 Å². The zero-order valence-corrected chi connectivity index (χ0v) is 8.72. The van der Waals surface area contributed by atoms with Gasteiger partial charge in [0.1, 0.15) is 5.76 Å². The van der Waals surface area contributed by atoms with E-state index in [1.165, 1.54) is 6.42 Å². The Balaban J connectivity index is 1.76. The van der Waals surface area contributed by atoms with Crippen molar-refractivity contribution in [3.63, 3.8) is 0 Å². The lowest BCUT2D eigenvalue weighted by Crippen LogP contribution is -2.36. The molecule has 1 atom stereocenters. The SMILES string of the molecule is Clc1ccc(CNC2CCCOC2)o1. The third-order valence-electron chi connectivity index (χ3n) is 2.35. The van der Waals surface area contributed by atoms with Crippen molar-refractivity contribution >= 4 is 11.6 Å². The third kappa shape index (κ3) is 2.74. The fourth-order valence-electron chi connectivity index (χ4n) is 1.59. The van der Waals surface area contributed by atoms with Gasteiger partial charge >= 0.3 is 0 Å². The van der Waals surface area contributed by atoms with Crippen LogP contribution in [0.2, 0.25) is 5.22 Å². The highest BCUT2D eigenvalue weighted by molar-refractivity contribution is 6.28. The van der Waals surface area contributed by atoms with E-state index in [2.05, 4.69) is 5.32 Å². The molecule has 1 aromatic rings. The third-order valence-corrected chi connectivity index (χ3v) is 2.56. The van der Waals surface area contributed by atoms with E-state index in [9.17, 15) is 0 Å². The fourth-order valence-corrected chi connectivity index (χ4v) is 1.76. The van der Waals surface area contributed by atoms with Crippen molar-refractivity contribution < 1.29 is 9.15 Å². The molecule has 1 aromatic heterocycles. The fraction of sp³-hybridized carbons (Fsp3) is 0.600. The normalized spacial score (nSPS) is 22.5. The van der Waals surface area contributed by atoms with E-state index < -0.39 is 0 Å². The van der Waals surface area contributed by atoms with Crippen LogP contribution in [0.5, 0.6) is 0 Å². The molecule has 2 rings (SSSR count). The van der Waals surface area contributed by atoms with Crippen LogP contribution in [0.3, 0.4) is 0 Å². The molecule has 1 aliphatic heterocycles. The van der Waals surface area contributed by atoms with Crippen molar-refractivity contribution in [3.8, 4) is 0 Å². The number of rotatable bonds is 3. The molecule has 0 aliphatic carbocycles. The second kappa shape index (κ2) is 4.82. The first kappa shape index (κ1) is 10.0. The van der Waals surface area contributed by atoms with Crippen LogP contribution in [-0.2, 0) is 11.3 Å². The van der Waals surface area contributed by atoms with Gasteiger partial charge in [-0.2, -0.15) is 0 Å². The van der Waals surface area contributed by atoms with Crippen molar-refractivity contribution in [1.82, 2.24) is 5.32 Å². The average Bonchev–Trinajstić information content (AvgIpc) is 2.63. The highest BCUT2D eigenvalue weighted by Gasteiger charge is 2.13. The monoisotopic (exact) mass is 215 g/mol. The summed E-state index contributed by atoms with van der Waals surface area (Å²) >= 11 is 5.66. The second-order valence-electron chi connectivity index (χ2n) is 3.50. The summed E-state index contributed by atoms with van der Waals surface area (Å²) in [6.07, 6.45) is 2.31. The van der Waals surface area contributed by atoms with Gasteiger partial charge in [-0.25, -0.2) is 0 Å². The molecule has 0 saturated carbocycles. The maximum Gasteiger partial charge on any atom is 0.193 e. The number of ether oxygens (including phenoxy) is 1. The predicted octanol–water partition coefficient (Wildman–Crippen LogP) is 2.20. The molecule has 0 spiro atoms. The average molecular weight is 216 g/mol. The highest BCUT2D eigenvalue weighted by Crippen LogP contribution is 2.13. The molecule has 3 nitrogen and oxygen atoms in total. The van der Waals surface area contributed by atoms with Crippen molar-refractivity contribution in [2.24, 2.45) is 0 Å². The van der Waals surface area contributed by atoms with E-state index in [4.69, 9.17) is 20.8 Å². The molecule has 0 aromatic carbocycles. The molecule has 1 fully saturated rings. The smallest absolute Gasteiger partial charge is 0.193 e. The topological polar surface area (TPSA) is 34.4 Å². The molecule has 0 amide bonds. The summed E-state index contributed by atoms with van der Waals surface area (Å²) in [5, 5.41) is 3.82. The maximum absolute atomic E-state index is 5.66. The molecule has 4 heteroatoms. The molecule has 78 valence electrons. The molecule has 0 radical (unpaired) electrons. The van der Waals surface area contributed by atoms with Crippen LogP contribution in [0.4, 0.5) is 0 Å². The minimum absolute atomic E-state index is 0.446. The Morgan fingerprint density at radius 3 is 3.07 bits per heavy atom. The van der Waals surface area contributed by atoms with Gasteiger partial charge in [-0.15, -0.1) is 0 Å².